The fraction of sp³-hybridized carbons (Fsp3) is 0.263. The highest BCUT2D eigenvalue weighted by Gasteiger charge is 2.34. The number of benzene rings is 1. The molecule has 26 heavy (non-hydrogen) atoms. The van der Waals surface area contributed by atoms with Crippen molar-refractivity contribution in [2.24, 2.45) is 5.92 Å². The zero-order chi connectivity index (χ0) is 17.9. The monoisotopic (exact) mass is 349 g/mol. The molecule has 2 amide bonds. The third-order valence-corrected chi connectivity index (χ3v) is 4.54. The van der Waals surface area contributed by atoms with E-state index < -0.39 is 0 Å². The van der Waals surface area contributed by atoms with E-state index in [-0.39, 0.29) is 24.2 Å². The molecule has 3 aromatic rings. The van der Waals surface area contributed by atoms with Crippen LogP contribution in [0.3, 0.4) is 0 Å². The van der Waals surface area contributed by atoms with E-state index in [1.165, 1.54) is 0 Å². The second kappa shape index (κ2) is 6.95. The number of hydrogen-bond donors (Lipinski definition) is 2. The molecule has 2 aromatic heterocycles. The Balaban J connectivity index is 1.34. The van der Waals surface area contributed by atoms with Crippen molar-refractivity contribution in [1.29, 1.82) is 0 Å². The third kappa shape index (κ3) is 3.42. The number of likely N-dealkylation sites (tertiary alicyclic amines) is 1. The average Bonchev–Trinajstić information content (AvgIpc) is 3.24. The maximum atomic E-state index is 12.4. The minimum atomic E-state index is -0.325. The molecule has 1 fully saturated rings. The molecule has 1 aliphatic heterocycles. The molecular formula is C19H19N5O2. The van der Waals surface area contributed by atoms with Gasteiger partial charge in [0.05, 0.1) is 18.0 Å². The van der Waals surface area contributed by atoms with Gasteiger partial charge in [-0.15, -0.1) is 0 Å². The van der Waals surface area contributed by atoms with Gasteiger partial charge in [0.2, 0.25) is 11.8 Å². The van der Waals surface area contributed by atoms with Crippen molar-refractivity contribution in [2.75, 3.05) is 6.54 Å². The van der Waals surface area contributed by atoms with Crippen molar-refractivity contribution in [3.05, 3.63) is 60.0 Å². The smallest absolute Gasteiger partial charge is 0.225 e. The largest absolute Gasteiger partial charge is 0.349 e. The number of pyridine rings is 1. The van der Waals surface area contributed by atoms with E-state index in [2.05, 4.69) is 20.3 Å². The van der Waals surface area contributed by atoms with Crippen molar-refractivity contribution in [1.82, 2.24) is 25.2 Å². The van der Waals surface area contributed by atoms with Crippen molar-refractivity contribution >= 4 is 23.0 Å². The first-order chi connectivity index (χ1) is 12.7. The molecule has 132 valence electrons. The highest BCUT2D eigenvalue weighted by Crippen LogP contribution is 2.20. The van der Waals surface area contributed by atoms with Gasteiger partial charge in [0, 0.05) is 25.7 Å². The number of nitrogens with zero attached hydrogens (tertiary/aromatic N) is 3. The summed E-state index contributed by atoms with van der Waals surface area (Å²) in [5.41, 5.74) is 2.53. The molecule has 1 saturated heterocycles. The van der Waals surface area contributed by atoms with E-state index in [1.54, 1.807) is 11.1 Å². The molecule has 1 aromatic carbocycles. The van der Waals surface area contributed by atoms with E-state index >= 15 is 0 Å². The third-order valence-electron chi connectivity index (χ3n) is 4.54. The Bertz CT molecular complexity index is 904. The summed E-state index contributed by atoms with van der Waals surface area (Å²) in [6.07, 6.45) is 1.93. The second-order valence-corrected chi connectivity index (χ2v) is 6.44. The fourth-order valence-corrected chi connectivity index (χ4v) is 3.20. The topological polar surface area (TPSA) is 91.0 Å². The lowest BCUT2D eigenvalue weighted by Crippen LogP contribution is -2.32. The van der Waals surface area contributed by atoms with Crippen LogP contribution in [0.2, 0.25) is 0 Å². The van der Waals surface area contributed by atoms with Crippen LogP contribution >= 0.6 is 0 Å². The Morgan fingerprint density at radius 2 is 2.08 bits per heavy atom. The number of fused-ring (bicyclic) bond motifs is 1. The summed E-state index contributed by atoms with van der Waals surface area (Å²) < 4.78 is 0. The van der Waals surface area contributed by atoms with Gasteiger partial charge in [-0.3, -0.25) is 9.59 Å². The summed E-state index contributed by atoms with van der Waals surface area (Å²) in [5, 5.41) is 2.87. The molecule has 0 aliphatic carbocycles. The van der Waals surface area contributed by atoms with Crippen LogP contribution < -0.4 is 5.32 Å². The van der Waals surface area contributed by atoms with E-state index in [9.17, 15) is 9.59 Å². The minimum Gasteiger partial charge on any atom is -0.349 e. The highest BCUT2D eigenvalue weighted by atomic mass is 16.2. The zero-order valence-corrected chi connectivity index (χ0v) is 14.2. The Morgan fingerprint density at radius 3 is 2.88 bits per heavy atom. The quantitative estimate of drug-likeness (QED) is 0.732. The van der Waals surface area contributed by atoms with Gasteiger partial charge < -0.3 is 15.2 Å². The molecular weight excluding hydrogens is 330 g/mol. The van der Waals surface area contributed by atoms with E-state index in [1.807, 2.05) is 42.5 Å². The lowest BCUT2D eigenvalue weighted by atomic mass is 10.1. The van der Waals surface area contributed by atoms with Gasteiger partial charge in [0.25, 0.3) is 0 Å². The normalized spacial score (nSPS) is 17.0. The van der Waals surface area contributed by atoms with Crippen molar-refractivity contribution < 1.29 is 9.59 Å². The van der Waals surface area contributed by atoms with Crippen LogP contribution in [0.1, 0.15) is 17.8 Å². The van der Waals surface area contributed by atoms with Crippen LogP contribution in [-0.4, -0.2) is 38.2 Å². The van der Waals surface area contributed by atoms with Gasteiger partial charge in [0.15, 0.2) is 5.65 Å². The number of carbonyl (C=O) groups excluding carboxylic acids is 2. The predicted molar refractivity (Wildman–Crippen MR) is 95.7 cm³/mol. The van der Waals surface area contributed by atoms with Crippen LogP contribution in [0.15, 0.2) is 48.7 Å². The molecule has 1 atom stereocenters. The number of carbonyl (C=O) groups is 2. The van der Waals surface area contributed by atoms with Crippen molar-refractivity contribution in [2.45, 2.75) is 19.5 Å². The Hall–Kier alpha value is -3.22. The zero-order valence-electron chi connectivity index (χ0n) is 14.2. The number of H-pyrrole nitrogens is 1. The Morgan fingerprint density at radius 1 is 1.23 bits per heavy atom. The van der Waals surface area contributed by atoms with E-state index in [0.717, 1.165) is 11.1 Å². The molecule has 0 bridgehead atoms. The first-order valence-electron chi connectivity index (χ1n) is 8.58. The molecule has 0 spiro atoms. The molecule has 2 N–H and O–H groups in total. The lowest BCUT2D eigenvalue weighted by molar-refractivity contribution is -0.129. The molecule has 7 heteroatoms. The van der Waals surface area contributed by atoms with Crippen LogP contribution in [0.25, 0.3) is 11.2 Å². The summed E-state index contributed by atoms with van der Waals surface area (Å²) in [7, 11) is 0. The summed E-state index contributed by atoms with van der Waals surface area (Å²) in [4.78, 5) is 38.0. The van der Waals surface area contributed by atoms with Crippen LogP contribution in [0.4, 0.5) is 0 Å². The predicted octanol–water partition coefficient (Wildman–Crippen LogP) is 1.62. The minimum absolute atomic E-state index is 0.0157. The second-order valence-electron chi connectivity index (χ2n) is 6.44. The average molecular weight is 349 g/mol. The molecule has 7 nitrogen and oxygen atoms in total. The summed E-state index contributed by atoms with van der Waals surface area (Å²) in [6.45, 7) is 1.28. The van der Waals surface area contributed by atoms with Gasteiger partial charge in [0.1, 0.15) is 5.82 Å². The molecule has 1 unspecified atom stereocenters. The SMILES string of the molecule is O=C(NCc1nc2ncccc2[nH]1)C1CC(=O)N(Cc2ccccc2)C1. The van der Waals surface area contributed by atoms with E-state index in [4.69, 9.17) is 0 Å². The number of imidazole rings is 1. The maximum Gasteiger partial charge on any atom is 0.225 e. The van der Waals surface area contributed by atoms with Crippen LogP contribution in [-0.2, 0) is 22.7 Å². The highest BCUT2D eigenvalue weighted by molar-refractivity contribution is 5.89. The first-order valence-corrected chi connectivity index (χ1v) is 8.58. The van der Waals surface area contributed by atoms with Crippen molar-refractivity contribution in [3.63, 3.8) is 0 Å². The molecule has 0 saturated carbocycles. The standard InChI is InChI=1S/C19H19N5O2/c25-17-9-14(12-24(17)11-13-5-2-1-3-6-13)19(26)21-10-16-22-15-7-4-8-20-18(15)23-16/h1-8,14H,9-12H2,(H,21,26)(H,20,22,23). The van der Waals surface area contributed by atoms with Crippen molar-refractivity contribution in [3.8, 4) is 0 Å². The maximum absolute atomic E-state index is 12.4. The first kappa shape index (κ1) is 16.3. The summed E-state index contributed by atoms with van der Waals surface area (Å²) in [5.74, 6) is 0.218. The number of aromatic nitrogens is 3. The number of amides is 2. The van der Waals surface area contributed by atoms with Gasteiger partial charge in [-0.1, -0.05) is 30.3 Å². The number of nitrogens with one attached hydrogen (secondary N) is 2. The van der Waals surface area contributed by atoms with Gasteiger partial charge in [-0.05, 0) is 17.7 Å². The van der Waals surface area contributed by atoms with Gasteiger partial charge >= 0.3 is 0 Å². The molecule has 3 heterocycles. The molecule has 4 rings (SSSR count). The molecule has 1 aliphatic rings. The summed E-state index contributed by atoms with van der Waals surface area (Å²) >= 11 is 0. The number of hydrogen-bond acceptors (Lipinski definition) is 4. The van der Waals surface area contributed by atoms with Crippen LogP contribution in [0.5, 0.6) is 0 Å². The fourth-order valence-electron chi connectivity index (χ4n) is 3.20. The molecule has 0 radical (unpaired) electrons. The number of rotatable bonds is 5. The van der Waals surface area contributed by atoms with Crippen LogP contribution in [0, 0.1) is 5.92 Å². The summed E-state index contributed by atoms with van der Waals surface area (Å²) in [6, 6.07) is 13.5. The Labute approximate surface area is 150 Å². The van der Waals surface area contributed by atoms with Gasteiger partial charge in [-0.2, -0.15) is 0 Å². The lowest BCUT2D eigenvalue weighted by Gasteiger charge is -2.16. The van der Waals surface area contributed by atoms with Gasteiger partial charge in [-0.25, -0.2) is 9.97 Å². The van der Waals surface area contributed by atoms with E-state index in [0.29, 0.717) is 31.1 Å². The number of aromatic amines is 1. The Kier molecular flexibility index (Phi) is 4.35.